The van der Waals surface area contributed by atoms with Crippen LogP contribution in [-0.4, -0.2) is 39.2 Å². The third-order valence-corrected chi connectivity index (χ3v) is 6.14. The number of fused-ring (bicyclic) bond motifs is 1. The largest absolute Gasteiger partial charge is 0.396 e. The first-order valence-electron chi connectivity index (χ1n) is 9.90. The molecule has 0 spiro atoms. The predicted molar refractivity (Wildman–Crippen MR) is 115 cm³/mol. The molecule has 3 aromatic rings. The van der Waals surface area contributed by atoms with Gasteiger partial charge >= 0.3 is 0 Å². The lowest BCUT2D eigenvalue weighted by molar-refractivity contribution is 0.111. The quantitative estimate of drug-likeness (QED) is 0.625. The summed E-state index contributed by atoms with van der Waals surface area (Å²) in [5, 5.41) is 10.6. The molecule has 27 heavy (non-hydrogen) atoms. The van der Waals surface area contributed by atoms with Gasteiger partial charge in [-0.1, -0.05) is 30.7 Å². The molecule has 0 saturated carbocycles. The van der Waals surface area contributed by atoms with Gasteiger partial charge in [0.05, 0.1) is 0 Å². The minimum absolute atomic E-state index is 0.262. The Morgan fingerprint density at radius 1 is 1.22 bits per heavy atom. The number of hydrogen-bond donors (Lipinski definition) is 2. The second-order valence-corrected chi connectivity index (χ2v) is 7.82. The normalized spacial score (nSPS) is 18.2. The molecule has 4 rings (SSSR count). The minimum Gasteiger partial charge on any atom is -0.396 e. The number of H-pyrrole nitrogens is 1. The predicted octanol–water partition coefficient (Wildman–Crippen LogP) is 4.34. The summed E-state index contributed by atoms with van der Waals surface area (Å²) in [6.07, 6.45) is 7.33. The molecule has 1 aromatic carbocycles. The number of hydrogen-bond acceptors (Lipinski definition) is 3. The molecular weight excluding hydrogens is 353 g/mol. The lowest BCUT2D eigenvalue weighted by Gasteiger charge is -2.35. The zero-order valence-electron chi connectivity index (χ0n) is 15.7. The number of aromatic nitrogens is 2. The summed E-state index contributed by atoms with van der Waals surface area (Å²) >= 11 is 0. The van der Waals surface area contributed by atoms with E-state index in [1.165, 1.54) is 47.0 Å². The van der Waals surface area contributed by atoms with Crippen LogP contribution in [0.4, 0.5) is 0 Å². The van der Waals surface area contributed by atoms with E-state index in [9.17, 15) is 5.11 Å². The summed E-state index contributed by atoms with van der Waals surface area (Å²) in [5.74, 6) is 0. The maximum atomic E-state index is 9.46. The maximum Gasteiger partial charge on any atom is 0.138 e. The third-order valence-electron chi connectivity index (χ3n) is 5.67. The van der Waals surface area contributed by atoms with Crippen molar-refractivity contribution in [3.63, 3.8) is 0 Å². The van der Waals surface area contributed by atoms with Crippen LogP contribution in [0, 0.1) is 0 Å². The number of pyridine rings is 1. The summed E-state index contributed by atoms with van der Waals surface area (Å²) in [5.41, 5.74) is 6.02. The smallest absolute Gasteiger partial charge is 0.138 e. The number of benzene rings is 1. The number of aromatic amines is 1. The first kappa shape index (κ1) is 18.6. The summed E-state index contributed by atoms with van der Waals surface area (Å²) in [7, 11) is 2.81. The van der Waals surface area contributed by atoms with Crippen molar-refractivity contribution in [2.24, 2.45) is 0 Å². The van der Waals surface area contributed by atoms with E-state index < -0.39 is 0 Å². The van der Waals surface area contributed by atoms with Crippen LogP contribution < -0.4 is 0 Å². The fourth-order valence-corrected chi connectivity index (χ4v) is 4.58. The molecule has 0 radical (unpaired) electrons. The van der Waals surface area contributed by atoms with E-state index in [-0.39, 0.29) is 6.61 Å². The number of aliphatic hydroxyl groups excluding tert-OH is 1. The highest BCUT2D eigenvalue weighted by Crippen LogP contribution is 2.34. The monoisotopic (exact) mass is 381 g/mol. The summed E-state index contributed by atoms with van der Waals surface area (Å²) in [6.45, 7) is 2.23. The molecule has 2 N–H and O–H groups in total. The molecule has 3 heterocycles. The number of rotatable bonds is 6. The van der Waals surface area contributed by atoms with Gasteiger partial charge in [-0.2, -0.15) is 0 Å². The van der Waals surface area contributed by atoms with Crippen LogP contribution in [0.15, 0.2) is 42.6 Å². The van der Waals surface area contributed by atoms with Crippen molar-refractivity contribution in [1.29, 1.82) is 0 Å². The minimum atomic E-state index is 0.262. The average Bonchev–Trinajstić information content (AvgIpc) is 3.07. The molecule has 0 amide bonds. The van der Waals surface area contributed by atoms with E-state index in [1.807, 2.05) is 12.3 Å². The molecule has 2 atom stereocenters. The first-order chi connectivity index (χ1) is 13.3. The van der Waals surface area contributed by atoms with Gasteiger partial charge in [0.1, 0.15) is 5.65 Å². The van der Waals surface area contributed by atoms with Crippen LogP contribution in [0.5, 0.6) is 0 Å². The van der Waals surface area contributed by atoms with E-state index in [0.29, 0.717) is 6.04 Å². The molecule has 0 aliphatic carbocycles. The van der Waals surface area contributed by atoms with Gasteiger partial charge in [-0.25, -0.2) is 4.98 Å². The van der Waals surface area contributed by atoms with Crippen LogP contribution in [0.1, 0.15) is 36.9 Å². The lowest BCUT2D eigenvalue weighted by Crippen LogP contribution is -2.39. The van der Waals surface area contributed by atoms with Crippen molar-refractivity contribution in [3.05, 3.63) is 53.9 Å². The second kappa shape index (κ2) is 8.52. The molecular formula is C22H28N3OP. The van der Waals surface area contributed by atoms with E-state index >= 15 is 0 Å². The Morgan fingerprint density at radius 2 is 2.15 bits per heavy atom. The fourth-order valence-electron chi connectivity index (χ4n) is 4.32. The van der Waals surface area contributed by atoms with Gasteiger partial charge in [0.2, 0.25) is 0 Å². The maximum absolute atomic E-state index is 9.46. The Labute approximate surface area is 163 Å². The van der Waals surface area contributed by atoms with Gasteiger partial charge in [-0.15, -0.1) is 9.24 Å². The van der Waals surface area contributed by atoms with E-state index in [1.54, 1.807) is 0 Å². The molecule has 142 valence electrons. The molecule has 4 nitrogen and oxygen atoms in total. The van der Waals surface area contributed by atoms with Crippen LogP contribution in [0.2, 0.25) is 0 Å². The number of likely N-dealkylation sites (tertiary alicyclic amines) is 1. The van der Waals surface area contributed by atoms with E-state index in [4.69, 9.17) is 0 Å². The standard InChI is InChI=1S/C22H28N3OP/c26-12-9-18-7-1-2-11-25(18)14-20-21(17-6-3-5-16(13-17)15-27)19-8-4-10-23-22(19)24-20/h3-6,8,10,13,18,26H,1-2,7,9,11-12,14-15,27H2,(H,23,24). The van der Waals surface area contributed by atoms with Gasteiger partial charge in [-0.3, -0.25) is 4.90 Å². The van der Waals surface area contributed by atoms with Gasteiger partial charge in [0.15, 0.2) is 0 Å². The highest BCUT2D eigenvalue weighted by Gasteiger charge is 2.24. The Bertz CT molecular complexity index is 905. The highest BCUT2D eigenvalue weighted by atomic mass is 31.0. The number of nitrogens with one attached hydrogen (secondary N) is 1. The second-order valence-electron chi connectivity index (χ2n) is 7.41. The average molecular weight is 381 g/mol. The summed E-state index contributed by atoms with van der Waals surface area (Å²) < 4.78 is 0. The topological polar surface area (TPSA) is 52.1 Å². The zero-order chi connectivity index (χ0) is 18.6. The Hall–Kier alpha value is -1.74. The van der Waals surface area contributed by atoms with Gasteiger partial charge in [0, 0.05) is 42.0 Å². The first-order valence-corrected chi connectivity index (χ1v) is 10.7. The number of aliphatic hydroxyl groups is 1. The SMILES string of the molecule is OCCC1CCCCN1Cc1[nH]c2ncccc2c1-c1cccc(CP)c1. The van der Waals surface area contributed by atoms with E-state index in [0.717, 1.165) is 31.3 Å². The van der Waals surface area contributed by atoms with Crippen LogP contribution in [0.25, 0.3) is 22.2 Å². The van der Waals surface area contributed by atoms with Crippen LogP contribution >= 0.6 is 9.24 Å². The molecule has 1 fully saturated rings. The van der Waals surface area contributed by atoms with Crippen molar-refractivity contribution in [3.8, 4) is 11.1 Å². The van der Waals surface area contributed by atoms with Crippen LogP contribution in [0.3, 0.4) is 0 Å². The summed E-state index contributed by atoms with van der Waals surface area (Å²) in [6, 6.07) is 13.4. The number of piperidine rings is 1. The highest BCUT2D eigenvalue weighted by molar-refractivity contribution is 7.15. The van der Waals surface area contributed by atoms with Crippen LogP contribution in [-0.2, 0) is 12.7 Å². The van der Waals surface area contributed by atoms with Crippen molar-refractivity contribution < 1.29 is 5.11 Å². The molecule has 1 saturated heterocycles. The van der Waals surface area contributed by atoms with Gasteiger partial charge in [0.25, 0.3) is 0 Å². The molecule has 1 aliphatic rings. The van der Waals surface area contributed by atoms with Gasteiger partial charge in [-0.05, 0) is 55.2 Å². The molecule has 2 unspecified atom stereocenters. The third kappa shape index (κ3) is 3.94. The van der Waals surface area contributed by atoms with Crippen molar-refractivity contribution in [2.45, 2.75) is 44.4 Å². The van der Waals surface area contributed by atoms with Crippen molar-refractivity contribution in [2.75, 3.05) is 13.2 Å². The Kier molecular flexibility index (Phi) is 5.87. The van der Waals surface area contributed by atoms with Crippen molar-refractivity contribution >= 4 is 20.3 Å². The Balaban J connectivity index is 1.76. The Morgan fingerprint density at radius 3 is 3.00 bits per heavy atom. The molecule has 1 aliphatic heterocycles. The number of nitrogens with zero attached hydrogens (tertiary/aromatic N) is 2. The molecule has 5 heteroatoms. The van der Waals surface area contributed by atoms with Gasteiger partial charge < -0.3 is 10.1 Å². The fraction of sp³-hybridized carbons (Fsp3) is 0.409. The lowest BCUT2D eigenvalue weighted by atomic mass is 9.97. The molecule has 2 aromatic heterocycles. The zero-order valence-corrected chi connectivity index (χ0v) is 16.8. The van der Waals surface area contributed by atoms with E-state index in [2.05, 4.69) is 54.4 Å². The summed E-state index contributed by atoms with van der Waals surface area (Å²) in [4.78, 5) is 10.7. The molecule has 0 bridgehead atoms. The van der Waals surface area contributed by atoms with Crippen molar-refractivity contribution in [1.82, 2.24) is 14.9 Å².